The lowest BCUT2D eigenvalue weighted by Gasteiger charge is -2.31. The maximum absolute atomic E-state index is 12.5. The standard InChI is InChI=1S/C19H25N5O2/c1-13-20-18-16(8-5-10-24(18)23-13)22-19(25)21-15-9-11-26-17(12-15)14-6-3-2-4-7-14/h2-4,6-7,15-17H,5,8-12H2,1H3,(H2,21,22,25). The molecule has 1 aromatic carbocycles. The van der Waals surface area contributed by atoms with E-state index < -0.39 is 0 Å². The first-order valence-electron chi connectivity index (χ1n) is 9.34. The number of carbonyl (C=O) groups excluding carboxylic acids is 1. The highest BCUT2D eigenvalue weighted by Gasteiger charge is 2.28. The van der Waals surface area contributed by atoms with Crippen LogP contribution < -0.4 is 10.6 Å². The summed E-state index contributed by atoms with van der Waals surface area (Å²) in [4.78, 5) is 17.0. The normalized spacial score (nSPS) is 25.3. The largest absolute Gasteiger partial charge is 0.373 e. The number of aromatic nitrogens is 3. The van der Waals surface area contributed by atoms with Crippen molar-refractivity contribution < 1.29 is 9.53 Å². The molecular formula is C19H25N5O2. The van der Waals surface area contributed by atoms with E-state index in [4.69, 9.17) is 4.74 Å². The van der Waals surface area contributed by atoms with Gasteiger partial charge in [0.1, 0.15) is 11.6 Å². The van der Waals surface area contributed by atoms with Crippen LogP contribution >= 0.6 is 0 Å². The van der Waals surface area contributed by atoms with Gasteiger partial charge in [0, 0.05) is 19.2 Å². The minimum Gasteiger partial charge on any atom is -0.373 e. The summed E-state index contributed by atoms with van der Waals surface area (Å²) in [6.07, 6.45) is 3.55. The van der Waals surface area contributed by atoms with E-state index in [-0.39, 0.29) is 24.2 Å². The van der Waals surface area contributed by atoms with Gasteiger partial charge in [0.05, 0.1) is 12.1 Å². The minimum atomic E-state index is -0.136. The molecule has 4 rings (SSSR count). The summed E-state index contributed by atoms with van der Waals surface area (Å²) in [6.45, 7) is 3.41. The van der Waals surface area contributed by atoms with Crippen LogP contribution in [0.15, 0.2) is 30.3 Å². The predicted molar refractivity (Wildman–Crippen MR) is 96.6 cm³/mol. The number of carbonyl (C=O) groups is 1. The fraction of sp³-hybridized carbons (Fsp3) is 0.526. The van der Waals surface area contributed by atoms with Crippen LogP contribution in [0.2, 0.25) is 0 Å². The molecule has 3 atom stereocenters. The molecule has 138 valence electrons. The molecule has 1 aromatic heterocycles. The molecule has 2 aliphatic rings. The molecule has 0 bridgehead atoms. The zero-order valence-electron chi connectivity index (χ0n) is 15.0. The Morgan fingerprint density at radius 1 is 1.23 bits per heavy atom. The molecule has 2 aromatic rings. The molecule has 7 heteroatoms. The quantitative estimate of drug-likeness (QED) is 0.887. The highest BCUT2D eigenvalue weighted by Crippen LogP contribution is 2.28. The maximum Gasteiger partial charge on any atom is 0.315 e. The summed E-state index contributed by atoms with van der Waals surface area (Å²) in [5.74, 6) is 1.61. The first-order chi connectivity index (χ1) is 12.7. The van der Waals surface area contributed by atoms with E-state index in [1.807, 2.05) is 29.8 Å². The van der Waals surface area contributed by atoms with Gasteiger partial charge in [-0.15, -0.1) is 0 Å². The van der Waals surface area contributed by atoms with Gasteiger partial charge in [-0.1, -0.05) is 30.3 Å². The van der Waals surface area contributed by atoms with Crippen molar-refractivity contribution in [3.63, 3.8) is 0 Å². The van der Waals surface area contributed by atoms with E-state index in [0.717, 1.165) is 49.4 Å². The highest BCUT2D eigenvalue weighted by molar-refractivity contribution is 5.74. The van der Waals surface area contributed by atoms with Crippen molar-refractivity contribution in [3.05, 3.63) is 47.5 Å². The van der Waals surface area contributed by atoms with Crippen molar-refractivity contribution in [3.8, 4) is 0 Å². The molecule has 26 heavy (non-hydrogen) atoms. The van der Waals surface area contributed by atoms with Gasteiger partial charge in [-0.05, 0) is 38.2 Å². The number of rotatable bonds is 3. The average molecular weight is 355 g/mol. The van der Waals surface area contributed by atoms with Crippen LogP contribution in [0.25, 0.3) is 0 Å². The van der Waals surface area contributed by atoms with Crippen LogP contribution in [0.4, 0.5) is 4.79 Å². The van der Waals surface area contributed by atoms with Crippen LogP contribution in [-0.4, -0.2) is 33.4 Å². The van der Waals surface area contributed by atoms with E-state index >= 15 is 0 Å². The summed E-state index contributed by atoms with van der Waals surface area (Å²) in [5, 5.41) is 10.6. The van der Waals surface area contributed by atoms with Crippen LogP contribution in [0.3, 0.4) is 0 Å². The van der Waals surface area contributed by atoms with E-state index in [2.05, 4.69) is 32.8 Å². The second kappa shape index (κ2) is 7.45. The predicted octanol–water partition coefficient (Wildman–Crippen LogP) is 2.64. The third-order valence-electron chi connectivity index (χ3n) is 5.08. The Hall–Kier alpha value is -2.41. The third-order valence-corrected chi connectivity index (χ3v) is 5.08. The molecule has 0 radical (unpaired) electrons. The lowest BCUT2D eigenvalue weighted by atomic mass is 9.97. The lowest BCUT2D eigenvalue weighted by Crippen LogP contribution is -2.46. The summed E-state index contributed by atoms with van der Waals surface area (Å²) < 4.78 is 7.79. The van der Waals surface area contributed by atoms with Gasteiger partial charge in [0.15, 0.2) is 0 Å². The Balaban J connectivity index is 1.35. The molecule has 0 aliphatic carbocycles. The molecule has 2 amide bonds. The van der Waals surface area contributed by atoms with E-state index in [1.54, 1.807) is 0 Å². The smallest absolute Gasteiger partial charge is 0.315 e. The zero-order chi connectivity index (χ0) is 17.9. The fourth-order valence-corrected chi connectivity index (χ4v) is 3.82. The first kappa shape index (κ1) is 17.0. The van der Waals surface area contributed by atoms with E-state index in [1.165, 1.54) is 0 Å². The molecule has 0 saturated carbocycles. The number of hydrogen-bond donors (Lipinski definition) is 2. The van der Waals surface area contributed by atoms with Crippen LogP contribution in [-0.2, 0) is 11.3 Å². The van der Waals surface area contributed by atoms with Gasteiger partial charge in [-0.25, -0.2) is 14.5 Å². The second-order valence-corrected chi connectivity index (χ2v) is 7.04. The monoisotopic (exact) mass is 355 g/mol. The molecule has 2 aliphatic heterocycles. The number of ether oxygens (including phenoxy) is 1. The molecule has 1 saturated heterocycles. The van der Waals surface area contributed by atoms with Crippen LogP contribution in [0, 0.1) is 6.92 Å². The lowest BCUT2D eigenvalue weighted by molar-refractivity contribution is 0.00219. The van der Waals surface area contributed by atoms with Crippen molar-refractivity contribution in [1.82, 2.24) is 25.4 Å². The molecule has 3 heterocycles. The van der Waals surface area contributed by atoms with Gasteiger partial charge >= 0.3 is 6.03 Å². The summed E-state index contributed by atoms with van der Waals surface area (Å²) in [5.41, 5.74) is 1.16. The molecule has 2 N–H and O–H groups in total. The fourth-order valence-electron chi connectivity index (χ4n) is 3.82. The summed E-state index contributed by atoms with van der Waals surface area (Å²) >= 11 is 0. The number of nitrogens with zero attached hydrogens (tertiary/aromatic N) is 3. The Bertz CT molecular complexity index is 761. The number of benzene rings is 1. The number of urea groups is 1. The van der Waals surface area contributed by atoms with Crippen molar-refractivity contribution in [1.29, 1.82) is 0 Å². The Morgan fingerprint density at radius 2 is 2.08 bits per heavy atom. The van der Waals surface area contributed by atoms with Crippen molar-refractivity contribution in [2.75, 3.05) is 6.61 Å². The third kappa shape index (κ3) is 3.72. The molecule has 7 nitrogen and oxygen atoms in total. The Morgan fingerprint density at radius 3 is 2.92 bits per heavy atom. The van der Waals surface area contributed by atoms with E-state index in [0.29, 0.717) is 6.61 Å². The molecular weight excluding hydrogens is 330 g/mol. The number of amides is 2. The number of fused-ring (bicyclic) bond motifs is 1. The van der Waals surface area contributed by atoms with Gasteiger partial charge in [0.2, 0.25) is 0 Å². The molecule has 1 fully saturated rings. The Kier molecular flexibility index (Phi) is 4.88. The van der Waals surface area contributed by atoms with Gasteiger partial charge < -0.3 is 15.4 Å². The van der Waals surface area contributed by atoms with Crippen molar-refractivity contribution >= 4 is 6.03 Å². The topological polar surface area (TPSA) is 81.1 Å². The van der Waals surface area contributed by atoms with Crippen molar-refractivity contribution in [2.24, 2.45) is 0 Å². The summed E-state index contributed by atoms with van der Waals surface area (Å²) in [7, 11) is 0. The second-order valence-electron chi connectivity index (χ2n) is 7.04. The number of hydrogen-bond acceptors (Lipinski definition) is 4. The number of aryl methyl sites for hydroxylation is 2. The first-order valence-corrected chi connectivity index (χ1v) is 9.34. The van der Waals surface area contributed by atoms with E-state index in [9.17, 15) is 4.79 Å². The average Bonchev–Trinajstić information content (AvgIpc) is 3.04. The highest BCUT2D eigenvalue weighted by atomic mass is 16.5. The minimum absolute atomic E-state index is 0.0377. The number of nitrogens with one attached hydrogen (secondary N) is 2. The van der Waals surface area contributed by atoms with Crippen molar-refractivity contribution in [2.45, 2.75) is 57.3 Å². The summed E-state index contributed by atoms with van der Waals surface area (Å²) in [6, 6.07) is 10.1. The Labute approximate surface area is 153 Å². The van der Waals surface area contributed by atoms with Gasteiger partial charge in [0.25, 0.3) is 0 Å². The molecule has 0 spiro atoms. The molecule has 3 unspecified atom stereocenters. The SMILES string of the molecule is Cc1nc2n(n1)CCCC2NC(=O)NC1CCOC(c2ccccc2)C1. The van der Waals surface area contributed by atoms with Gasteiger partial charge in [-0.2, -0.15) is 5.10 Å². The maximum atomic E-state index is 12.5. The van der Waals surface area contributed by atoms with Crippen LogP contribution in [0.1, 0.15) is 55.0 Å². The zero-order valence-corrected chi connectivity index (χ0v) is 15.0. The van der Waals surface area contributed by atoms with Gasteiger partial charge in [-0.3, -0.25) is 0 Å². The van der Waals surface area contributed by atoms with Crippen LogP contribution in [0.5, 0.6) is 0 Å².